The smallest absolute Gasteiger partial charge is 0.243 e. The standard InChI is InChI=1S/C19H27N5O/c1-13(19-21-18(22-25-19)14-6-7-14)24(3)12-16-8-10-23(2)17(16)15-5-4-9-20-11-15/h4-5,9,11,13-14,16-17H,6-8,10,12H2,1-3H3/t13?,16-,17-/m0/s1. The van der Waals surface area contributed by atoms with Crippen LogP contribution >= 0.6 is 0 Å². The van der Waals surface area contributed by atoms with Crippen LogP contribution in [0.15, 0.2) is 29.0 Å². The van der Waals surface area contributed by atoms with Crippen LogP contribution in [0.5, 0.6) is 0 Å². The molecule has 0 radical (unpaired) electrons. The number of hydrogen-bond acceptors (Lipinski definition) is 6. The van der Waals surface area contributed by atoms with Gasteiger partial charge in [0.05, 0.1) is 6.04 Å². The fraction of sp³-hybridized carbons (Fsp3) is 0.632. The van der Waals surface area contributed by atoms with E-state index in [0.717, 1.165) is 24.8 Å². The van der Waals surface area contributed by atoms with E-state index in [4.69, 9.17) is 4.52 Å². The molecule has 25 heavy (non-hydrogen) atoms. The van der Waals surface area contributed by atoms with Crippen LogP contribution in [-0.4, -0.2) is 52.1 Å². The van der Waals surface area contributed by atoms with Crippen molar-refractivity contribution in [3.63, 3.8) is 0 Å². The lowest BCUT2D eigenvalue weighted by atomic mass is 9.94. The summed E-state index contributed by atoms with van der Waals surface area (Å²) in [7, 11) is 4.37. The first-order chi connectivity index (χ1) is 12.1. The molecular weight excluding hydrogens is 314 g/mol. The molecule has 4 rings (SSSR count). The van der Waals surface area contributed by atoms with Gasteiger partial charge < -0.3 is 4.52 Å². The van der Waals surface area contributed by atoms with Crippen LogP contribution in [0.2, 0.25) is 0 Å². The molecule has 2 aromatic heterocycles. The molecule has 1 saturated heterocycles. The predicted molar refractivity (Wildman–Crippen MR) is 95.0 cm³/mol. The van der Waals surface area contributed by atoms with Crippen molar-refractivity contribution in [1.82, 2.24) is 24.9 Å². The lowest BCUT2D eigenvalue weighted by Gasteiger charge is -2.30. The molecule has 3 atom stereocenters. The minimum Gasteiger partial charge on any atom is -0.338 e. The molecule has 1 aliphatic carbocycles. The first-order valence-electron chi connectivity index (χ1n) is 9.27. The highest BCUT2D eigenvalue weighted by Crippen LogP contribution is 2.39. The molecule has 3 heterocycles. The van der Waals surface area contributed by atoms with E-state index in [1.807, 2.05) is 18.5 Å². The van der Waals surface area contributed by atoms with E-state index in [1.165, 1.54) is 24.8 Å². The summed E-state index contributed by atoms with van der Waals surface area (Å²) in [5.41, 5.74) is 1.31. The molecule has 0 aromatic carbocycles. The quantitative estimate of drug-likeness (QED) is 0.805. The van der Waals surface area contributed by atoms with E-state index in [9.17, 15) is 0 Å². The van der Waals surface area contributed by atoms with Crippen LogP contribution in [0.25, 0.3) is 0 Å². The highest BCUT2D eigenvalue weighted by molar-refractivity contribution is 5.17. The summed E-state index contributed by atoms with van der Waals surface area (Å²) in [6.45, 7) is 4.28. The van der Waals surface area contributed by atoms with Crippen molar-refractivity contribution < 1.29 is 4.52 Å². The Balaban J connectivity index is 1.44. The van der Waals surface area contributed by atoms with Crippen molar-refractivity contribution in [2.75, 3.05) is 27.2 Å². The molecule has 0 bridgehead atoms. The summed E-state index contributed by atoms with van der Waals surface area (Å²) in [6.07, 6.45) is 7.44. The second-order valence-corrected chi connectivity index (χ2v) is 7.64. The molecule has 6 nitrogen and oxygen atoms in total. The van der Waals surface area contributed by atoms with Gasteiger partial charge in [0, 0.05) is 30.9 Å². The molecule has 2 aromatic rings. The third-order valence-electron chi connectivity index (χ3n) is 5.74. The molecule has 1 aliphatic heterocycles. The second-order valence-electron chi connectivity index (χ2n) is 7.64. The zero-order chi connectivity index (χ0) is 17.4. The number of nitrogens with zero attached hydrogens (tertiary/aromatic N) is 5. The van der Waals surface area contributed by atoms with Crippen molar-refractivity contribution in [2.45, 2.75) is 44.2 Å². The molecule has 0 N–H and O–H groups in total. The zero-order valence-corrected chi connectivity index (χ0v) is 15.3. The molecule has 2 aliphatic rings. The summed E-state index contributed by atoms with van der Waals surface area (Å²) >= 11 is 0. The van der Waals surface area contributed by atoms with Gasteiger partial charge in [0.1, 0.15) is 0 Å². The van der Waals surface area contributed by atoms with E-state index in [-0.39, 0.29) is 6.04 Å². The maximum Gasteiger partial charge on any atom is 0.243 e. The van der Waals surface area contributed by atoms with Crippen LogP contribution in [0.1, 0.15) is 61.5 Å². The van der Waals surface area contributed by atoms with Crippen molar-refractivity contribution in [1.29, 1.82) is 0 Å². The predicted octanol–water partition coefficient (Wildman–Crippen LogP) is 3.03. The van der Waals surface area contributed by atoms with Gasteiger partial charge in [0.2, 0.25) is 5.89 Å². The number of likely N-dealkylation sites (tertiary alicyclic amines) is 1. The highest BCUT2D eigenvalue weighted by atomic mass is 16.5. The molecule has 1 saturated carbocycles. The van der Waals surface area contributed by atoms with E-state index in [1.54, 1.807) is 0 Å². The van der Waals surface area contributed by atoms with Gasteiger partial charge in [-0.2, -0.15) is 4.98 Å². The normalized spacial score (nSPS) is 25.6. The van der Waals surface area contributed by atoms with Gasteiger partial charge in [0.25, 0.3) is 0 Å². The summed E-state index contributed by atoms with van der Waals surface area (Å²) in [4.78, 5) is 13.7. The molecular formula is C19H27N5O. The maximum atomic E-state index is 5.52. The Morgan fingerprint density at radius 3 is 2.92 bits per heavy atom. The van der Waals surface area contributed by atoms with Crippen LogP contribution < -0.4 is 0 Å². The summed E-state index contributed by atoms with van der Waals surface area (Å²) in [5, 5.41) is 4.16. The largest absolute Gasteiger partial charge is 0.338 e. The molecule has 1 unspecified atom stereocenters. The van der Waals surface area contributed by atoms with Crippen LogP contribution in [0.4, 0.5) is 0 Å². The van der Waals surface area contributed by atoms with Gasteiger partial charge in [-0.3, -0.25) is 14.8 Å². The number of hydrogen-bond donors (Lipinski definition) is 0. The molecule has 2 fully saturated rings. The third-order valence-corrected chi connectivity index (χ3v) is 5.74. The fourth-order valence-corrected chi connectivity index (χ4v) is 3.94. The molecule has 0 amide bonds. The Morgan fingerprint density at radius 1 is 1.36 bits per heavy atom. The van der Waals surface area contributed by atoms with Gasteiger partial charge in [-0.1, -0.05) is 11.2 Å². The monoisotopic (exact) mass is 341 g/mol. The van der Waals surface area contributed by atoms with Gasteiger partial charge in [0.15, 0.2) is 5.82 Å². The Hall–Kier alpha value is -1.79. The Labute approximate surface area is 149 Å². The van der Waals surface area contributed by atoms with Crippen molar-refractivity contribution in [2.24, 2.45) is 5.92 Å². The summed E-state index contributed by atoms with van der Waals surface area (Å²) in [6, 6.07) is 4.78. The van der Waals surface area contributed by atoms with E-state index in [2.05, 4.69) is 52.0 Å². The fourth-order valence-electron chi connectivity index (χ4n) is 3.94. The van der Waals surface area contributed by atoms with Crippen molar-refractivity contribution >= 4 is 0 Å². The molecule has 0 spiro atoms. The summed E-state index contributed by atoms with van der Waals surface area (Å²) in [5.74, 6) is 2.75. The first-order valence-corrected chi connectivity index (χ1v) is 9.27. The average molecular weight is 341 g/mol. The van der Waals surface area contributed by atoms with Crippen molar-refractivity contribution in [3.05, 3.63) is 41.8 Å². The minimum atomic E-state index is 0.139. The Morgan fingerprint density at radius 2 is 2.20 bits per heavy atom. The molecule has 134 valence electrons. The van der Waals surface area contributed by atoms with Crippen LogP contribution in [-0.2, 0) is 0 Å². The first kappa shape index (κ1) is 16.7. The van der Waals surface area contributed by atoms with Gasteiger partial charge >= 0.3 is 0 Å². The minimum absolute atomic E-state index is 0.139. The second kappa shape index (κ2) is 6.84. The van der Waals surface area contributed by atoms with Crippen LogP contribution in [0.3, 0.4) is 0 Å². The van der Waals surface area contributed by atoms with Gasteiger partial charge in [-0.25, -0.2) is 0 Å². The Bertz CT molecular complexity index is 699. The number of aromatic nitrogens is 3. The molecule has 6 heteroatoms. The third kappa shape index (κ3) is 3.46. The Kier molecular flexibility index (Phi) is 4.56. The topological polar surface area (TPSA) is 58.3 Å². The van der Waals surface area contributed by atoms with Crippen molar-refractivity contribution in [3.8, 4) is 0 Å². The lowest BCUT2D eigenvalue weighted by molar-refractivity contribution is 0.162. The SMILES string of the molecule is CC(c1nc(C2CC2)no1)N(C)C[C@@H]1CCN(C)[C@H]1c1cccnc1. The maximum absolute atomic E-state index is 5.52. The highest BCUT2D eigenvalue weighted by Gasteiger charge is 2.35. The van der Waals surface area contributed by atoms with E-state index >= 15 is 0 Å². The van der Waals surface area contributed by atoms with E-state index in [0.29, 0.717) is 17.9 Å². The number of rotatable bonds is 6. The van der Waals surface area contributed by atoms with Gasteiger partial charge in [-0.15, -0.1) is 0 Å². The number of pyridine rings is 1. The van der Waals surface area contributed by atoms with Crippen LogP contribution in [0, 0.1) is 5.92 Å². The zero-order valence-electron chi connectivity index (χ0n) is 15.3. The van der Waals surface area contributed by atoms with Gasteiger partial charge in [-0.05, 0) is 64.4 Å². The summed E-state index contributed by atoms with van der Waals surface area (Å²) < 4.78 is 5.52. The average Bonchev–Trinajstić information content (AvgIpc) is 3.25. The lowest BCUT2D eigenvalue weighted by Crippen LogP contribution is -2.32. The van der Waals surface area contributed by atoms with E-state index < -0.39 is 0 Å².